The molecule has 3 fully saturated rings. The Labute approximate surface area is 243 Å². The number of hydroxylamine groups is 3. The summed E-state index contributed by atoms with van der Waals surface area (Å²) in [4.78, 5) is 19.3. The third-order valence-electron chi connectivity index (χ3n) is 11.8. The Hall–Kier alpha value is -2.73. The fraction of sp³-hybridized carbons (Fsp3) is 0.528. The van der Waals surface area contributed by atoms with E-state index in [1.807, 2.05) is 0 Å². The highest BCUT2D eigenvalue weighted by Gasteiger charge is 2.83. The van der Waals surface area contributed by atoms with Crippen molar-refractivity contribution in [3.05, 3.63) is 72.6 Å². The number of aromatic amines is 1. The molecule has 5 heteroatoms. The van der Waals surface area contributed by atoms with Gasteiger partial charge in [-0.15, -0.1) is 0 Å². The number of para-hydroxylation sites is 1. The van der Waals surface area contributed by atoms with Gasteiger partial charge in [-0.05, 0) is 101 Å². The summed E-state index contributed by atoms with van der Waals surface area (Å²) in [5, 5.41) is 2.59. The van der Waals surface area contributed by atoms with Crippen LogP contribution >= 0.6 is 0 Å². The maximum absolute atomic E-state index is 7.50. The summed E-state index contributed by atoms with van der Waals surface area (Å²) >= 11 is 0. The summed E-state index contributed by atoms with van der Waals surface area (Å²) in [5.74, 6) is 0.516. The van der Waals surface area contributed by atoms with Crippen molar-refractivity contribution in [3.63, 3.8) is 0 Å². The molecule has 3 aromatic rings. The van der Waals surface area contributed by atoms with Crippen molar-refractivity contribution >= 4 is 27.4 Å². The molecule has 7 heterocycles. The van der Waals surface area contributed by atoms with Crippen LogP contribution in [0.25, 0.3) is 27.4 Å². The number of pyridine rings is 1. The first-order valence-corrected chi connectivity index (χ1v) is 16.4. The Kier molecular flexibility index (Phi) is 5.53. The number of aromatic nitrogens is 2. The lowest BCUT2D eigenvalue weighted by molar-refractivity contribution is -1.20. The molecule has 7 atom stereocenters. The van der Waals surface area contributed by atoms with Crippen molar-refractivity contribution < 1.29 is 9.48 Å². The number of piperidine rings is 1. The second kappa shape index (κ2) is 9.13. The summed E-state index contributed by atoms with van der Waals surface area (Å²) in [5.41, 5.74) is 5.05. The van der Waals surface area contributed by atoms with E-state index in [0.29, 0.717) is 18.0 Å². The number of H-pyrrole nitrogens is 1. The largest absolute Gasteiger partial charge is 0.353 e. The van der Waals surface area contributed by atoms with Crippen LogP contribution in [0.3, 0.4) is 0 Å². The predicted molar refractivity (Wildman–Crippen MR) is 165 cm³/mol. The lowest BCUT2D eigenvalue weighted by Crippen LogP contribution is -2.82. The van der Waals surface area contributed by atoms with Gasteiger partial charge < -0.3 is 9.88 Å². The summed E-state index contributed by atoms with van der Waals surface area (Å²) in [7, 11) is 0. The van der Waals surface area contributed by atoms with E-state index in [1.165, 1.54) is 111 Å². The first kappa shape index (κ1) is 24.8. The van der Waals surface area contributed by atoms with Crippen LogP contribution in [0.15, 0.2) is 66.9 Å². The first-order chi connectivity index (χ1) is 20.2. The maximum Gasteiger partial charge on any atom is 0.201 e. The van der Waals surface area contributed by atoms with E-state index < -0.39 is 0 Å². The van der Waals surface area contributed by atoms with E-state index in [2.05, 4.69) is 76.8 Å². The monoisotopic (exact) mass is 547 g/mol. The standard InChI is InChI=1S/C36H43N4O/c1-2-5-11-20-39-21-17-30-29(32-33-28(16-19-37-32)27-14-8-9-15-31(27)38-33)24-36(18-10-4-1)34-35(30,25-39)23-26-13-7-3-6-12-22-40(26,34)41-36/h1,4,7-9,13-16,19,24,26,30,34,38H,2-3,5-6,10-12,17-18,20-23,25H2/q+1/b4-1-,13-7-/t26-,30-,34+,35-,36-,40?/m0/s1. The van der Waals surface area contributed by atoms with Crippen LogP contribution in [-0.2, 0) is 4.84 Å². The smallest absolute Gasteiger partial charge is 0.201 e. The van der Waals surface area contributed by atoms with Gasteiger partial charge in [0.25, 0.3) is 0 Å². The van der Waals surface area contributed by atoms with Crippen molar-refractivity contribution in [1.82, 2.24) is 14.9 Å². The van der Waals surface area contributed by atoms with Gasteiger partial charge in [0, 0.05) is 41.4 Å². The zero-order valence-electron chi connectivity index (χ0n) is 24.2. The number of hydrogen-bond acceptors (Lipinski definition) is 3. The van der Waals surface area contributed by atoms with Gasteiger partial charge in [0.15, 0.2) is 6.04 Å². The van der Waals surface area contributed by atoms with Gasteiger partial charge in [0.1, 0.15) is 12.6 Å². The number of hydrogen-bond donors (Lipinski definition) is 1. The number of nitrogens with zero attached hydrogens (tertiary/aromatic N) is 3. The average molecular weight is 548 g/mol. The Morgan fingerprint density at radius 3 is 2.85 bits per heavy atom. The molecule has 3 bridgehead atoms. The lowest BCUT2D eigenvalue weighted by Gasteiger charge is -2.66. The molecule has 2 unspecified atom stereocenters. The second-order valence-corrected chi connectivity index (χ2v) is 13.9. The fourth-order valence-corrected chi connectivity index (χ4v) is 10.4. The molecule has 5 nitrogen and oxygen atoms in total. The van der Waals surface area contributed by atoms with Crippen LogP contribution in [0.5, 0.6) is 0 Å². The average Bonchev–Trinajstić information content (AvgIpc) is 3.45. The van der Waals surface area contributed by atoms with Crippen LogP contribution in [-0.4, -0.2) is 63.4 Å². The van der Waals surface area contributed by atoms with Gasteiger partial charge in [-0.3, -0.25) is 4.98 Å². The van der Waals surface area contributed by atoms with Crippen molar-refractivity contribution in [2.45, 2.75) is 81.9 Å². The third kappa shape index (κ3) is 3.43. The SMILES string of the molecule is C1=C(c2nccc3c2[nH]c2ccccc23)[C@@H]2CCN3CCCC/C=C\CC[C@]14O[N+]15CCCC/C=C\[C@H]1C[C@@]2(C3)[C@H]45. The fourth-order valence-electron chi connectivity index (χ4n) is 10.4. The number of allylic oxidation sites excluding steroid dienone is 4. The Balaban J connectivity index is 1.27. The van der Waals surface area contributed by atoms with E-state index >= 15 is 0 Å². The Morgan fingerprint density at radius 2 is 1.85 bits per heavy atom. The van der Waals surface area contributed by atoms with E-state index in [4.69, 9.17) is 9.82 Å². The number of rotatable bonds is 1. The molecule has 0 amide bonds. The second-order valence-electron chi connectivity index (χ2n) is 13.9. The zero-order valence-corrected chi connectivity index (χ0v) is 24.2. The molecule has 3 saturated heterocycles. The van der Waals surface area contributed by atoms with E-state index in [9.17, 15) is 0 Å². The van der Waals surface area contributed by atoms with Gasteiger partial charge in [-0.2, -0.15) is 9.48 Å². The molecular weight excluding hydrogens is 504 g/mol. The highest BCUT2D eigenvalue weighted by atomic mass is 16.8. The minimum Gasteiger partial charge on any atom is -0.353 e. The van der Waals surface area contributed by atoms with Gasteiger partial charge in [0.2, 0.25) is 5.60 Å². The van der Waals surface area contributed by atoms with E-state index in [0.717, 1.165) is 17.5 Å². The first-order valence-electron chi connectivity index (χ1n) is 16.4. The number of benzene rings is 1. The van der Waals surface area contributed by atoms with Crippen LogP contribution in [0, 0.1) is 11.3 Å². The lowest BCUT2D eigenvalue weighted by atomic mass is 9.54. The molecule has 1 N–H and O–H groups in total. The molecule has 1 aliphatic carbocycles. The van der Waals surface area contributed by atoms with Crippen LogP contribution in [0.2, 0.25) is 0 Å². The Bertz CT molecular complexity index is 1600. The number of nitrogens with one attached hydrogen (secondary N) is 1. The molecule has 212 valence electrons. The van der Waals surface area contributed by atoms with Gasteiger partial charge >= 0.3 is 0 Å². The third-order valence-corrected chi connectivity index (χ3v) is 11.8. The number of fused-ring (bicyclic) bond motifs is 4. The highest BCUT2D eigenvalue weighted by molar-refractivity contribution is 6.09. The summed E-state index contributed by atoms with van der Waals surface area (Å²) in [6, 6.07) is 11.9. The molecule has 9 rings (SSSR count). The summed E-state index contributed by atoms with van der Waals surface area (Å²) in [6.45, 7) is 4.82. The van der Waals surface area contributed by atoms with E-state index in [-0.39, 0.29) is 11.0 Å². The maximum atomic E-state index is 7.50. The van der Waals surface area contributed by atoms with Gasteiger partial charge in [-0.1, -0.05) is 36.4 Å². The highest BCUT2D eigenvalue weighted by Crippen LogP contribution is 2.70. The van der Waals surface area contributed by atoms with Gasteiger partial charge in [0.05, 0.1) is 16.6 Å². The van der Waals surface area contributed by atoms with Crippen LogP contribution in [0.4, 0.5) is 0 Å². The quantitative estimate of drug-likeness (QED) is 0.256. The van der Waals surface area contributed by atoms with Crippen LogP contribution < -0.4 is 0 Å². The molecule has 6 aliphatic rings. The normalized spacial score (nSPS) is 41.5. The summed E-state index contributed by atoms with van der Waals surface area (Å²) in [6.07, 6.45) is 26.9. The molecule has 0 saturated carbocycles. The molecule has 2 spiro atoms. The zero-order chi connectivity index (χ0) is 27.1. The molecule has 1 aromatic carbocycles. The molecular formula is C36H43N4O+. The van der Waals surface area contributed by atoms with Crippen molar-refractivity contribution in [1.29, 1.82) is 0 Å². The Morgan fingerprint density at radius 1 is 0.951 bits per heavy atom. The minimum absolute atomic E-state index is 0.216. The molecule has 2 aromatic heterocycles. The van der Waals surface area contributed by atoms with Crippen molar-refractivity contribution in [2.75, 3.05) is 26.2 Å². The van der Waals surface area contributed by atoms with Crippen molar-refractivity contribution in [3.8, 4) is 0 Å². The molecule has 0 radical (unpaired) electrons. The summed E-state index contributed by atoms with van der Waals surface area (Å²) < 4.78 is 0.887. The molecule has 5 aliphatic heterocycles. The minimum atomic E-state index is -0.217. The van der Waals surface area contributed by atoms with Gasteiger partial charge in [-0.25, -0.2) is 0 Å². The molecule has 41 heavy (non-hydrogen) atoms. The number of quaternary nitrogens is 1. The van der Waals surface area contributed by atoms with E-state index in [1.54, 1.807) is 0 Å². The van der Waals surface area contributed by atoms with Crippen LogP contribution in [0.1, 0.15) is 69.9 Å². The van der Waals surface area contributed by atoms with Crippen molar-refractivity contribution in [2.24, 2.45) is 11.3 Å². The topological polar surface area (TPSA) is 41.2 Å². The predicted octanol–water partition coefficient (Wildman–Crippen LogP) is 7.32.